The van der Waals surface area contributed by atoms with Crippen LogP contribution in [-0.2, 0) is 0 Å². The number of anilines is 2. The van der Waals surface area contributed by atoms with E-state index in [1.54, 1.807) is 13.4 Å². The summed E-state index contributed by atoms with van der Waals surface area (Å²) in [7, 11) is 1.76. The molecule has 1 unspecified atom stereocenters. The van der Waals surface area contributed by atoms with Crippen molar-refractivity contribution in [3.63, 3.8) is 0 Å². The van der Waals surface area contributed by atoms with Gasteiger partial charge in [0.15, 0.2) is 11.5 Å². The molecule has 0 fully saturated rings. The van der Waals surface area contributed by atoms with Gasteiger partial charge in [0, 0.05) is 13.6 Å². The van der Waals surface area contributed by atoms with Crippen LogP contribution in [0, 0.1) is 5.92 Å². The average Bonchev–Trinajstić information content (AvgIpc) is 2.82. The molecule has 2 rings (SSSR count). The van der Waals surface area contributed by atoms with Crippen molar-refractivity contribution < 1.29 is 5.11 Å². The van der Waals surface area contributed by atoms with Crippen LogP contribution < -0.4 is 10.6 Å². The second-order valence-corrected chi connectivity index (χ2v) is 4.91. The molecule has 19 heavy (non-hydrogen) atoms. The van der Waals surface area contributed by atoms with E-state index in [0.29, 0.717) is 29.9 Å². The Bertz CT molecular complexity index is 538. The number of nitrogens with one attached hydrogen (secondary N) is 3. The van der Waals surface area contributed by atoms with Gasteiger partial charge < -0.3 is 20.7 Å². The molecule has 0 aliphatic carbocycles. The molecule has 0 aliphatic rings. The Morgan fingerprint density at radius 3 is 2.84 bits per heavy atom. The Kier molecular flexibility index (Phi) is 4.16. The molecule has 2 aromatic rings. The third-order valence-corrected chi connectivity index (χ3v) is 2.76. The number of rotatable bonds is 6. The van der Waals surface area contributed by atoms with E-state index in [9.17, 15) is 5.11 Å². The van der Waals surface area contributed by atoms with Crippen LogP contribution in [0.25, 0.3) is 11.2 Å². The first-order valence-electron chi connectivity index (χ1n) is 6.41. The van der Waals surface area contributed by atoms with E-state index >= 15 is 0 Å². The summed E-state index contributed by atoms with van der Waals surface area (Å²) in [6, 6.07) is 0. The number of nitrogens with zero attached hydrogens (tertiary/aromatic N) is 3. The van der Waals surface area contributed by atoms with Crippen molar-refractivity contribution in [2.45, 2.75) is 26.4 Å². The molecule has 4 N–H and O–H groups in total. The molecular formula is C12H20N6O. The molecule has 0 saturated carbocycles. The van der Waals surface area contributed by atoms with Gasteiger partial charge in [0.1, 0.15) is 5.52 Å². The van der Waals surface area contributed by atoms with E-state index in [0.717, 1.165) is 11.9 Å². The lowest BCUT2D eigenvalue weighted by Crippen LogP contribution is -2.22. The number of fused-ring (bicyclic) bond motifs is 1. The van der Waals surface area contributed by atoms with Crippen LogP contribution in [0.5, 0.6) is 0 Å². The van der Waals surface area contributed by atoms with Gasteiger partial charge in [0.25, 0.3) is 0 Å². The van der Waals surface area contributed by atoms with E-state index in [1.165, 1.54) is 0 Å². The van der Waals surface area contributed by atoms with Gasteiger partial charge in [-0.1, -0.05) is 13.8 Å². The Labute approximate surface area is 111 Å². The lowest BCUT2D eigenvalue weighted by atomic mass is 10.1. The van der Waals surface area contributed by atoms with Crippen LogP contribution in [0.15, 0.2) is 6.33 Å². The molecule has 1 atom stereocenters. The summed E-state index contributed by atoms with van der Waals surface area (Å²) in [4.78, 5) is 15.7. The Morgan fingerprint density at radius 1 is 1.37 bits per heavy atom. The zero-order chi connectivity index (χ0) is 13.8. The molecule has 7 nitrogen and oxygen atoms in total. The summed E-state index contributed by atoms with van der Waals surface area (Å²) in [6.45, 7) is 4.62. The first-order valence-corrected chi connectivity index (χ1v) is 6.41. The highest BCUT2D eigenvalue weighted by Crippen LogP contribution is 2.18. The maximum Gasteiger partial charge on any atom is 0.226 e. The lowest BCUT2D eigenvalue weighted by molar-refractivity contribution is 0.161. The van der Waals surface area contributed by atoms with Gasteiger partial charge in [-0.15, -0.1) is 0 Å². The van der Waals surface area contributed by atoms with Crippen LogP contribution >= 0.6 is 0 Å². The van der Waals surface area contributed by atoms with Gasteiger partial charge in [-0.3, -0.25) is 0 Å². The summed E-state index contributed by atoms with van der Waals surface area (Å²) in [6.07, 6.45) is 1.93. The van der Waals surface area contributed by atoms with Crippen LogP contribution in [0.2, 0.25) is 0 Å². The minimum absolute atomic E-state index is 0.397. The monoisotopic (exact) mass is 264 g/mol. The quantitative estimate of drug-likeness (QED) is 0.626. The van der Waals surface area contributed by atoms with Crippen LogP contribution in [0.3, 0.4) is 0 Å². The molecule has 0 radical (unpaired) electrons. The van der Waals surface area contributed by atoms with Crippen molar-refractivity contribution in [1.82, 2.24) is 19.9 Å². The fraction of sp³-hybridized carbons (Fsp3) is 0.583. The van der Waals surface area contributed by atoms with Gasteiger partial charge in [-0.05, 0) is 12.3 Å². The number of aliphatic hydroxyl groups is 1. The van der Waals surface area contributed by atoms with Gasteiger partial charge in [0.2, 0.25) is 5.95 Å². The minimum Gasteiger partial charge on any atom is -0.391 e. The van der Waals surface area contributed by atoms with Crippen LogP contribution in [-0.4, -0.2) is 44.7 Å². The van der Waals surface area contributed by atoms with Crippen molar-refractivity contribution in [3.05, 3.63) is 6.33 Å². The summed E-state index contributed by atoms with van der Waals surface area (Å²) in [5.74, 6) is 1.61. The highest BCUT2D eigenvalue weighted by molar-refractivity contribution is 5.83. The van der Waals surface area contributed by atoms with Crippen LogP contribution in [0.4, 0.5) is 11.8 Å². The molecular weight excluding hydrogens is 244 g/mol. The predicted molar refractivity (Wildman–Crippen MR) is 75.2 cm³/mol. The van der Waals surface area contributed by atoms with Gasteiger partial charge in [-0.25, -0.2) is 4.98 Å². The molecule has 0 amide bonds. The fourth-order valence-corrected chi connectivity index (χ4v) is 1.91. The van der Waals surface area contributed by atoms with Gasteiger partial charge in [0.05, 0.1) is 12.4 Å². The van der Waals surface area contributed by atoms with Crippen molar-refractivity contribution >= 4 is 22.9 Å². The van der Waals surface area contributed by atoms with Crippen molar-refractivity contribution in [3.8, 4) is 0 Å². The van der Waals surface area contributed by atoms with Crippen molar-refractivity contribution in [1.29, 1.82) is 0 Å². The van der Waals surface area contributed by atoms with Gasteiger partial charge in [-0.2, -0.15) is 9.97 Å². The smallest absolute Gasteiger partial charge is 0.226 e. The molecule has 0 bridgehead atoms. The maximum atomic E-state index is 9.88. The van der Waals surface area contributed by atoms with E-state index in [4.69, 9.17) is 0 Å². The fourth-order valence-electron chi connectivity index (χ4n) is 1.91. The normalized spacial score (nSPS) is 12.9. The first kappa shape index (κ1) is 13.5. The number of aliphatic hydroxyl groups excluding tert-OH is 1. The second-order valence-electron chi connectivity index (χ2n) is 4.91. The van der Waals surface area contributed by atoms with Crippen molar-refractivity contribution in [2.75, 3.05) is 24.2 Å². The Balaban J connectivity index is 2.13. The zero-order valence-electron chi connectivity index (χ0n) is 11.4. The molecule has 0 aromatic carbocycles. The number of hydrogen-bond acceptors (Lipinski definition) is 6. The second kappa shape index (κ2) is 5.83. The van der Waals surface area contributed by atoms with E-state index < -0.39 is 6.10 Å². The van der Waals surface area contributed by atoms with E-state index in [2.05, 4.69) is 44.4 Å². The minimum atomic E-state index is -0.397. The first-order chi connectivity index (χ1) is 9.10. The summed E-state index contributed by atoms with van der Waals surface area (Å²) in [5.41, 5.74) is 1.34. The van der Waals surface area contributed by atoms with Gasteiger partial charge >= 0.3 is 0 Å². The molecule has 104 valence electrons. The lowest BCUT2D eigenvalue weighted by Gasteiger charge is -2.14. The Morgan fingerprint density at radius 2 is 2.16 bits per heavy atom. The van der Waals surface area contributed by atoms with Crippen molar-refractivity contribution in [2.24, 2.45) is 5.92 Å². The Hall–Kier alpha value is -1.89. The summed E-state index contributed by atoms with van der Waals surface area (Å²) >= 11 is 0. The standard InChI is InChI=1S/C12H20N6O/c1-7(2)4-8(19)5-14-10-9-11(16-6-15-9)18-12(13-3)17-10/h6-8,19H,4-5H2,1-3H3,(H3,13,14,15,16,17,18). The van der Waals surface area contributed by atoms with E-state index in [1.807, 2.05) is 0 Å². The topological polar surface area (TPSA) is 98.8 Å². The molecule has 7 heteroatoms. The zero-order valence-corrected chi connectivity index (χ0v) is 11.4. The number of aromatic amines is 1. The predicted octanol–water partition coefficient (Wildman–Crippen LogP) is 1.21. The average molecular weight is 264 g/mol. The molecule has 2 aromatic heterocycles. The summed E-state index contributed by atoms with van der Waals surface area (Å²) in [5, 5.41) is 15.9. The summed E-state index contributed by atoms with van der Waals surface area (Å²) < 4.78 is 0. The molecule has 0 aliphatic heterocycles. The number of H-pyrrole nitrogens is 1. The number of imidazole rings is 1. The van der Waals surface area contributed by atoms with E-state index in [-0.39, 0.29) is 0 Å². The molecule has 2 heterocycles. The molecule has 0 spiro atoms. The largest absolute Gasteiger partial charge is 0.391 e. The highest BCUT2D eigenvalue weighted by Gasteiger charge is 2.11. The highest BCUT2D eigenvalue weighted by atomic mass is 16.3. The third-order valence-electron chi connectivity index (χ3n) is 2.76. The number of hydrogen-bond donors (Lipinski definition) is 4. The van der Waals surface area contributed by atoms with Crippen LogP contribution in [0.1, 0.15) is 20.3 Å². The SMILES string of the molecule is CNc1nc(NCC(O)CC(C)C)c2[nH]cnc2n1. The third kappa shape index (κ3) is 3.31. The molecule has 0 saturated heterocycles. The maximum absolute atomic E-state index is 9.88. The number of aromatic nitrogens is 4.